The van der Waals surface area contributed by atoms with Gasteiger partial charge in [-0.25, -0.2) is 9.48 Å². The molecule has 1 fully saturated rings. The number of aromatic nitrogens is 3. The standard InChI is InChI=1S/C18H25N5O2/c1-14(15-5-7-17(8-6-15)23-12-10-19-21-23)20-18(25)22-11-3-2-4-16(22)9-13-24/h5-8,10,12,14,16,24H,2-4,9,11,13H2,1H3,(H,20,25)/t14-,16+/m1/s1. The van der Waals surface area contributed by atoms with Gasteiger partial charge in [0.2, 0.25) is 0 Å². The molecule has 0 spiro atoms. The van der Waals surface area contributed by atoms with Gasteiger partial charge in [0.25, 0.3) is 0 Å². The molecule has 0 unspecified atom stereocenters. The third-order valence-corrected chi connectivity index (χ3v) is 4.77. The molecule has 1 saturated heterocycles. The SMILES string of the molecule is C[C@@H](NC(=O)N1CCCC[C@H]1CCO)c1ccc(-n2ccnn2)cc1. The van der Waals surface area contributed by atoms with Crippen LogP contribution in [-0.2, 0) is 0 Å². The predicted molar refractivity (Wildman–Crippen MR) is 94.4 cm³/mol. The molecule has 1 aromatic carbocycles. The van der Waals surface area contributed by atoms with E-state index in [1.807, 2.05) is 36.1 Å². The van der Waals surface area contributed by atoms with E-state index in [0.29, 0.717) is 6.42 Å². The smallest absolute Gasteiger partial charge is 0.318 e. The van der Waals surface area contributed by atoms with E-state index in [4.69, 9.17) is 0 Å². The summed E-state index contributed by atoms with van der Waals surface area (Å²) >= 11 is 0. The largest absolute Gasteiger partial charge is 0.396 e. The normalized spacial score (nSPS) is 18.8. The predicted octanol–water partition coefficient (Wildman–Crippen LogP) is 2.27. The van der Waals surface area contributed by atoms with Crippen LogP contribution in [0.1, 0.15) is 44.2 Å². The van der Waals surface area contributed by atoms with Crippen molar-refractivity contribution in [2.75, 3.05) is 13.2 Å². The second-order valence-electron chi connectivity index (χ2n) is 6.47. The lowest BCUT2D eigenvalue weighted by Crippen LogP contribution is -2.49. The topological polar surface area (TPSA) is 83.3 Å². The van der Waals surface area contributed by atoms with Gasteiger partial charge in [0.1, 0.15) is 0 Å². The average Bonchev–Trinajstić information content (AvgIpc) is 3.17. The van der Waals surface area contributed by atoms with E-state index in [-0.39, 0.29) is 24.7 Å². The molecule has 7 nitrogen and oxygen atoms in total. The number of hydrogen-bond acceptors (Lipinski definition) is 4. The fraction of sp³-hybridized carbons (Fsp3) is 0.500. The number of nitrogens with one attached hydrogen (secondary N) is 1. The average molecular weight is 343 g/mol. The first-order valence-corrected chi connectivity index (χ1v) is 8.83. The number of piperidine rings is 1. The van der Waals surface area contributed by atoms with E-state index in [1.54, 1.807) is 17.1 Å². The molecule has 0 radical (unpaired) electrons. The highest BCUT2D eigenvalue weighted by molar-refractivity contribution is 5.75. The van der Waals surface area contributed by atoms with Gasteiger partial charge in [-0.05, 0) is 50.3 Å². The molecule has 0 aliphatic carbocycles. The van der Waals surface area contributed by atoms with E-state index < -0.39 is 0 Å². The molecule has 0 saturated carbocycles. The lowest BCUT2D eigenvalue weighted by atomic mass is 10.00. The van der Waals surface area contributed by atoms with Gasteiger partial charge >= 0.3 is 6.03 Å². The van der Waals surface area contributed by atoms with Gasteiger partial charge in [0, 0.05) is 19.2 Å². The van der Waals surface area contributed by atoms with Gasteiger partial charge in [-0.1, -0.05) is 17.3 Å². The Labute approximate surface area is 147 Å². The maximum Gasteiger partial charge on any atom is 0.318 e. The van der Waals surface area contributed by atoms with Crippen molar-refractivity contribution >= 4 is 6.03 Å². The molecule has 2 amide bonds. The molecule has 1 aromatic heterocycles. The van der Waals surface area contributed by atoms with Crippen molar-refractivity contribution < 1.29 is 9.90 Å². The number of benzene rings is 1. The Morgan fingerprint density at radius 2 is 2.16 bits per heavy atom. The minimum absolute atomic E-state index is 0.0500. The van der Waals surface area contributed by atoms with Crippen molar-refractivity contribution in [3.05, 3.63) is 42.2 Å². The Morgan fingerprint density at radius 1 is 1.36 bits per heavy atom. The number of aliphatic hydroxyl groups is 1. The number of nitrogens with zero attached hydrogens (tertiary/aromatic N) is 4. The summed E-state index contributed by atoms with van der Waals surface area (Å²) in [6, 6.07) is 7.90. The van der Waals surface area contributed by atoms with E-state index in [9.17, 15) is 9.90 Å². The fourth-order valence-electron chi connectivity index (χ4n) is 3.33. The lowest BCUT2D eigenvalue weighted by molar-refractivity contribution is 0.130. The van der Waals surface area contributed by atoms with Crippen LogP contribution in [0.2, 0.25) is 0 Å². The maximum absolute atomic E-state index is 12.6. The molecule has 2 N–H and O–H groups in total. The van der Waals surface area contributed by atoms with Gasteiger partial charge < -0.3 is 15.3 Å². The Balaban J connectivity index is 1.62. The molecular formula is C18H25N5O2. The first kappa shape index (κ1) is 17.4. The number of aliphatic hydroxyl groups excluding tert-OH is 1. The second kappa shape index (κ2) is 8.11. The van der Waals surface area contributed by atoms with Crippen LogP contribution in [0.3, 0.4) is 0 Å². The monoisotopic (exact) mass is 343 g/mol. The summed E-state index contributed by atoms with van der Waals surface area (Å²) in [5, 5.41) is 20.1. The van der Waals surface area contributed by atoms with Gasteiger partial charge in [-0.15, -0.1) is 5.10 Å². The fourth-order valence-corrected chi connectivity index (χ4v) is 3.33. The van der Waals surface area contributed by atoms with E-state index in [1.165, 1.54) is 0 Å². The quantitative estimate of drug-likeness (QED) is 0.872. The van der Waals surface area contributed by atoms with Crippen molar-refractivity contribution in [1.29, 1.82) is 0 Å². The zero-order valence-corrected chi connectivity index (χ0v) is 14.5. The first-order chi connectivity index (χ1) is 12.2. The molecule has 3 rings (SSSR count). The molecule has 134 valence electrons. The number of carbonyl (C=O) groups excluding carboxylic acids is 1. The summed E-state index contributed by atoms with van der Waals surface area (Å²) in [6.07, 6.45) is 7.18. The van der Waals surface area contributed by atoms with Crippen LogP contribution in [-0.4, -0.2) is 50.2 Å². The van der Waals surface area contributed by atoms with Gasteiger partial charge in [-0.3, -0.25) is 0 Å². The van der Waals surface area contributed by atoms with E-state index >= 15 is 0 Å². The van der Waals surface area contributed by atoms with E-state index in [0.717, 1.165) is 37.1 Å². The van der Waals surface area contributed by atoms with Gasteiger partial charge in [0.05, 0.1) is 24.1 Å². The number of amides is 2. The number of likely N-dealkylation sites (tertiary alicyclic amines) is 1. The molecule has 25 heavy (non-hydrogen) atoms. The Bertz CT molecular complexity index is 669. The second-order valence-corrected chi connectivity index (χ2v) is 6.47. The van der Waals surface area contributed by atoms with Crippen LogP contribution in [0.5, 0.6) is 0 Å². The molecular weight excluding hydrogens is 318 g/mol. The summed E-state index contributed by atoms with van der Waals surface area (Å²) in [5.74, 6) is 0. The van der Waals surface area contributed by atoms with Crippen molar-refractivity contribution in [3.63, 3.8) is 0 Å². The van der Waals surface area contributed by atoms with Crippen LogP contribution in [0, 0.1) is 0 Å². The molecule has 7 heteroatoms. The molecule has 1 aliphatic rings. The maximum atomic E-state index is 12.6. The van der Waals surface area contributed by atoms with Gasteiger partial charge in [0.15, 0.2) is 0 Å². The molecule has 1 aliphatic heterocycles. The molecule has 0 bridgehead atoms. The first-order valence-electron chi connectivity index (χ1n) is 8.83. The molecule has 2 atom stereocenters. The molecule has 2 aromatic rings. The van der Waals surface area contributed by atoms with Crippen molar-refractivity contribution in [1.82, 2.24) is 25.2 Å². The number of carbonyl (C=O) groups is 1. The van der Waals surface area contributed by atoms with Gasteiger partial charge in [-0.2, -0.15) is 0 Å². The number of hydrogen-bond donors (Lipinski definition) is 2. The van der Waals surface area contributed by atoms with Crippen molar-refractivity contribution in [2.45, 2.75) is 44.7 Å². The molecule has 2 heterocycles. The highest BCUT2D eigenvalue weighted by Crippen LogP contribution is 2.21. The Kier molecular flexibility index (Phi) is 5.65. The summed E-state index contributed by atoms with van der Waals surface area (Å²) in [6.45, 7) is 2.86. The highest BCUT2D eigenvalue weighted by Gasteiger charge is 2.27. The summed E-state index contributed by atoms with van der Waals surface area (Å²) in [5.41, 5.74) is 1.96. The minimum Gasteiger partial charge on any atom is -0.396 e. The van der Waals surface area contributed by atoms with Crippen molar-refractivity contribution in [2.24, 2.45) is 0 Å². The van der Waals surface area contributed by atoms with Crippen molar-refractivity contribution in [3.8, 4) is 5.69 Å². The Morgan fingerprint density at radius 3 is 2.84 bits per heavy atom. The van der Waals surface area contributed by atoms with Crippen LogP contribution in [0.25, 0.3) is 5.69 Å². The Hall–Kier alpha value is -2.41. The highest BCUT2D eigenvalue weighted by atomic mass is 16.3. The van der Waals surface area contributed by atoms with Crippen LogP contribution in [0.15, 0.2) is 36.7 Å². The summed E-state index contributed by atoms with van der Waals surface area (Å²) in [4.78, 5) is 14.5. The zero-order valence-electron chi connectivity index (χ0n) is 14.5. The third-order valence-electron chi connectivity index (χ3n) is 4.77. The third kappa shape index (κ3) is 4.17. The summed E-state index contributed by atoms with van der Waals surface area (Å²) < 4.78 is 1.69. The zero-order chi connectivity index (χ0) is 17.6. The van der Waals surface area contributed by atoms with Crippen LogP contribution in [0.4, 0.5) is 4.79 Å². The van der Waals surface area contributed by atoms with E-state index in [2.05, 4.69) is 15.6 Å². The lowest BCUT2D eigenvalue weighted by Gasteiger charge is -2.36. The number of urea groups is 1. The minimum atomic E-state index is -0.0889. The number of rotatable bonds is 5. The van der Waals surface area contributed by atoms with Crippen LogP contribution >= 0.6 is 0 Å². The van der Waals surface area contributed by atoms with Crippen LogP contribution < -0.4 is 5.32 Å². The summed E-state index contributed by atoms with van der Waals surface area (Å²) in [7, 11) is 0.